The molecule has 0 atom stereocenters. The van der Waals surface area contributed by atoms with Crippen LogP contribution in [0.25, 0.3) is 10.9 Å². The predicted molar refractivity (Wildman–Crippen MR) is 102 cm³/mol. The Kier molecular flexibility index (Phi) is 3.80. The van der Waals surface area contributed by atoms with Crippen molar-refractivity contribution < 1.29 is 14.4 Å². The van der Waals surface area contributed by atoms with E-state index < -0.39 is 5.54 Å². The molecule has 0 aliphatic carbocycles. The fourth-order valence-electron chi connectivity index (χ4n) is 4.35. The summed E-state index contributed by atoms with van der Waals surface area (Å²) in [7, 11) is 3.41. The van der Waals surface area contributed by atoms with Crippen molar-refractivity contribution >= 4 is 28.7 Å². The Balaban J connectivity index is 1.59. The van der Waals surface area contributed by atoms with Crippen LogP contribution in [0.15, 0.2) is 18.2 Å². The number of fused-ring (bicyclic) bond motifs is 1. The summed E-state index contributed by atoms with van der Waals surface area (Å²) in [6.45, 7) is 4.98. The normalized spacial score (nSPS) is 19.3. The second-order valence-electron chi connectivity index (χ2n) is 7.72. The van der Waals surface area contributed by atoms with Gasteiger partial charge in [0.25, 0.3) is 11.8 Å². The SMILES string of the molecule is Cc1ccc(C)c2c1cc(C(=O)N1CCC3(CC1)NC(=O)N(C)C3=O)n2C. The first-order valence-electron chi connectivity index (χ1n) is 9.20. The number of nitrogens with one attached hydrogen (secondary N) is 1. The van der Waals surface area contributed by atoms with Gasteiger partial charge in [-0.15, -0.1) is 0 Å². The minimum absolute atomic E-state index is 0.0347. The first kappa shape index (κ1) is 17.6. The fraction of sp³-hybridized carbons (Fsp3) is 0.450. The van der Waals surface area contributed by atoms with E-state index in [0.717, 1.165) is 26.9 Å². The van der Waals surface area contributed by atoms with Gasteiger partial charge in [-0.3, -0.25) is 14.5 Å². The van der Waals surface area contributed by atoms with Crippen molar-refractivity contribution in [2.75, 3.05) is 20.1 Å². The van der Waals surface area contributed by atoms with Crippen molar-refractivity contribution in [2.24, 2.45) is 7.05 Å². The summed E-state index contributed by atoms with van der Waals surface area (Å²) in [5, 5.41) is 3.90. The number of likely N-dealkylation sites (N-methyl/N-ethyl adjacent to an activating group) is 1. The molecule has 1 aromatic heterocycles. The summed E-state index contributed by atoms with van der Waals surface area (Å²) in [5.41, 5.74) is 3.15. The molecular formula is C20H24N4O3. The third-order valence-corrected chi connectivity index (χ3v) is 6.10. The van der Waals surface area contributed by atoms with E-state index in [-0.39, 0.29) is 17.8 Å². The highest BCUT2D eigenvalue weighted by molar-refractivity contribution is 6.07. The largest absolute Gasteiger partial charge is 0.339 e. The van der Waals surface area contributed by atoms with Gasteiger partial charge in [-0.25, -0.2) is 4.79 Å². The van der Waals surface area contributed by atoms with Gasteiger partial charge in [0.2, 0.25) is 0 Å². The zero-order valence-electron chi connectivity index (χ0n) is 16.1. The Hall–Kier alpha value is -2.83. The molecule has 0 bridgehead atoms. The fourth-order valence-corrected chi connectivity index (χ4v) is 4.35. The van der Waals surface area contributed by atoms with E-state index in [0.29, 0.717) is 31.6 Å². The third kappa shape index (κ3) is 2.44. The number of carbonyl (C=O) groups is 3. The number of amides is 4. The van der Waals surface area contributed by atoms with E-state index in [2.05, 4.69) is 17.4 Å². The highest BCUT2D eigenvalue weighted by Crippen LogP contribution is 2.31. The van der Waals surface area contributed by atoms with Gasteiger partial charge in [-0.1, -0.05) is 12.1 Å². The number of hydrogen-bond donors (Lipinski definition) is 1. The molecule has 27 heavy (non-hydrogen) atoms. The molecule has 7 nitrogen and oxygen atoms in total. The molecule has 0 radical (unpaired) electrons. The van der Waals surface area contributed by atoms with Crippen LogP contribution in [0.3, 0.4) is 0 Å². The minimum Gasteiger partial charge on any atom is -0.339 e. The molecule has 4 rings (SSSR count). The van der Waals surface area contributed by atoms with Gasteiger partial charge in [-0.2, -0.15) is 0 Å². The Morgan fingerprint density at radius 1 is 1.07 bits per heavy atom. The maximum absolute atomic E-state index is 13.1. The first-order valence-corrected chi connectivity index (χ1v) is 9.20. The van der Waals surface area contributed by atoms with Gasteiger partial charge in [0, 0.05) is 32.6 Å². The maximum atomic E-state index is 13.1. The Morgan fingerprint density at radius 3 is 2.26 bits per heavy atom. The van der Waals surface area contributed by atoms with Gasteiger partial charge < -0.3 is 14.8 Å². The molecule has 2 aliphatic rings. The van der Waals surface area contributed by atoms with E-state index in [9.17, 15) is 14.4 Å². The molecule has 4 amide bonds. The molecule has 0 saturated carbocycles. The Bertz CT molecular complexity index is 983. The molecule has 0 unspecified atom stereocenters. The van der Waals surface area contributed by atoms with Crippen LogP contribution in [0.4, 0.5) is 4.79 Å². The first-order chi connectivity index (χ1) is 12.7. The van der Waals surface area contributed by atoms with Crippen LogP contribution in [0, 0.1) is 13.8 Å². The number of aryl methyl sites for hydroxylation is 3. The number of hydrogen-bond acceptors (Lipinski definition) is 3. The van der Waals surface area contributed by atoms with Gasteiger partial charge in [0.1, 0.15) is 11.2 Å². The van der Waals surface area contributed by atoms with E-state index in [4.69, 9.17) is 0 Å². The second-order valence-corrected chi connectivity index (χ2v) is 7.72. The Morgan fingerprint density at radius 2 is 1.70 bits per heavy atom. The molecule has 142 valence electrons. The number of rotatable bonds is 1. The van der Waals surface area contributed by atoms with Crippen LogP contribution >= 0.6 is 0 Å². The van der Waals surface area contributed by atoms with Crippen molar-refractivity contribution in [3.8, 4) is 0 Å². The number of likely N-dealkylation sites (tertiary alicyclic amines) is 1. The molecular weight excluding hydrogens is 344 g/mol. The zero-order chi connectivity index (χ0) is 19.5. The predicted octanol–water partition coefficient (Wildman–Crippen LogP) is 1.95. The van der Waals surface area contributed by atoms with E-state index >= 15 is 0 Å². The molecule has 2 aromatic rings. The lowest BCUT2D eigenvalue weighted by molar-refractivity contribution is -0.131. The minimum atomic E-state index is -0.852. The lowest BCUT2D eigenvalue weighted by Crippen LogP contribution is -2.55. The highest BCUT2D eigenvalue weighted by atomic mass is 16.2. The number of nitrogens with zero attached hydrogens (tertiary/aromatic N) is 3. The molecule has 3 heterocycles. The summed E-state index contributed by atoms with van der Waals surface area (Å²) in [4.78, 5) is 40.3. The van der Waals surface area contributed by atoms with Gasteiger partial charge in [-0.05, 0) is 43.9 Å². The zero-order valence-corrected chi connectivity index (χ0v) is 16.1. The van der Waals surface area contributed by atoms with Gasteiger partial charge in [0.05, 0.1) is 5.52 Å². The summed E-state index contributed by atoms with van der Waals surface area (Å²) in [6, 6.07) is 5.74. The number of piperidine rings is 1. The standard InChI is InChI=1S/C20H24N4O3/c1-12-5-6-13(2)16-14(12)11-15(22(16)3)17(25)24-9-7-20(8-10-24)18(26)23(4)19(27)21-20/h5-6,11H,7-10H2,1-4H3,(H,21,27). The summed E-state index contributed by atoms with van der Waals surface area (Å²) in [5.74, 6) is -0.233. The number of imide groups is 1. The number of urea groups is 1. The van der Waals surface area contributed by atoms with Crippen LogP contribution in [0.5, 0.6) is 0 Å². The lowest BCUT2D eigenvalue weighted by atomic mass is 9.87. The molecule has 1 N–H and O–H groups in total. The lowest BCUT2D eigenvalue weighted by Gasteiger charge is -2.37. The summed E-state index contributed by atoms with van der Waals surface area (Å²) >= 11 is 0. The number of aromatic nitrogens is 1. The molecule has 7 heteroatoms. The highest BCUT2D eigenvalue weighted by Gasteiger charge is 2.51. The summed E-state index contributed by atoms with van der Waals surface area (Å²) < 4.78 is 1.96. The van der Waals surface area contributed by atoms with Crippen molar-refractivity contribution in [3.63, 3.8) is 0 Å². The molecule has 1 aromatic carbocycles. The van der Waals surface area contributed by atoms with Crippen LogP contribution < -0.4 is 5.32 Å². The quantitative estimate of drug-likeness (QED) is 0.782. The average Bonchev–Trinajstić information content (AvgIpc) is 3.10. The number of carbonyl (C=O) groups excluding carboxylic acids is 3. The summed E-state index contributed by atoms with van der Waals surface area (Å²) in [6.07, 6.45) is 0.880. The third-order valence-electron chi connectivity index (χ3n) is 6.10. The topological polar surface area (TPSA) is 74.7 Å². The van der Waals surface area contributed by atoms with Gasteiger partial charge >= 0.3 is 6.03 Å². The Labute approximate surface area is 157 Å². The number of benzene rings is 1. The van der Waals surface area contributed by atoms with Crippen molar-refractivity contribution in [1.82, 2.24) is 19.7 Å². The van der Waals surface area contributed by atoms with Crippen LogP contribution in [0.1, 0.15) is 34.5 Å². The average molecular weight is 368 g/mol. The maximum Gasteiger partial charge on any atom is 0.324 e. The van der Waals surface area contributed by atoms with Crippen LogP contribution in [0.2, 0.25) is 0 Å². The van der Waals surface area contributed by atoms with E-state index in [1.165, 1.54) is 7.05 Å². The van der Waals surface area contributed by atoms with Crippen molar-refractivity contribution in [2.45, 2.75) is 32.2 Å². The van der Waals surface area contributed by atoms with Gasteiger partial charge in [0.15, 0.2) is 0 Å². The van der Waals surface area contributed by atoms with Crippen LogP contribution in [-0.4, -0.2) is 57.9 Å². The smallest absolute Gasteiger partial charge is 0.324 e. The second kappa shape index (κ2) is 5.84. The van der Waals surface area contributed by atoms with Crippen LogP contribution in [-0.2, 0) is 11.8 Å². The molecule has 2 fully saturated rings. The molecule has 1 spiro atoms. The van der Waals surface area contributed by atoms with E-state index in [1.54, 1.807) is 4.90 Å². The molecule has 2 saturated heterocycles. The molecule has 2 aliphatic heterocycles. The van der Waals surface area contributed by atoms with E-state index in [1.807, 2.05) is 31.5 Å². The van der Waals surface area contributed by atoms with Crippen molar-refractivity contribution in [3.05, 3.63) is 35.0 Å². The monoisotopic (exact) mass is 368 g/mol. The van der Waals surface area contributed by atoms with Crippen molar-refractivity contribution in [1.29, 1.82) is 0 Å².